The number of H-pyrrole nitrogens is 1. The molecule has 6 rings (SSSR count). The van der Waals surface area contributed by atoms with E-state index in [1.807, 2.05) is 0 Å². The highest BCUT2D eigenvalue weighted by molar-refractivity contribution is 6.08. The minimum absolute atomic E-state index is 1.02. The van der Waals surface area contributed by atoms with E-state index in [-0.39, 0.29) is 0 Å². The van der Waals surface area contributed by atoms with Crippen LogP contribution in [0.4, 0.5) is 0 Å². The maximum atomic E-state index is 3.52. The Hall–Kier alpha value is -3.32. The molecule has 1 aliphatic rings. The van der Waals surface area contributed by atoms with Gasteiger partial charge in [-0.15, -0.1) is 0 Å². The van der Waals surface area contributed by atoms with Crippen LogP contribution in [-0.4, -0.2) is 4.98 Å². The quantitative estimate of drug-likeness (QED) is 0.351. The molecule has 1 aliphatic carbocycles. The predicted molar refractivity (Wildman–Crippen MR) is 109 cm³/mol. The molecular formula is C25H17N. The van der Waals surface area contributed by atoms with Gasteiger partial charge in [0.25, 0.3) is 0 Å². The maximum absolute atomic E-state index is 3.52. The Balaban J connectivity index is 1.60. The van der Waals surface area contributed by atoms with Crippen molar-refractivity contribution in [3.8, 4) is 22.3 Å². The lowest BCUT2D eigenvalue weighted by Gasteiger charge is -2.09. The van der Waals surface area contributed by atoms with E-state index in [1.165, 1.54) is 55.2 Å². The summed E-state index contributed by atoms with van der Waals surface area (Å²) in [6.07, 6.45) is 1.02. The molecule has 0 aliphatic heterocycles. The molecule has 1 heteroatoms. The first kappa shape index (κ1) is 13.9. The summed E-state index contributed by atoms with van der Waals surface area (Å²) in [6, 6.07) is 30.8. The number of hydrogen-bond acceptors (Lipinski definition) is 0. The molecule has 0 radical (unpaired) electrons. The van der Waals surface area contributed by atoms with Crippen molar-refractivity contribution >= 4 is 21.8 Å². The molecule has 0 spiro atoms. The lowest BCUT2D eigenvalue weighted by Crippen LogP contribution is -1.87. The number of nitrogens with one attached hydrogen (secondary N) is 1. The smallest absolute Gasteiger partial charge is 0.0465 e. The van der Waals surface area contributed by atoms with Crippen LogP contribution in [0.5, 0.6) is 0 Å². The van der Waals surface area contributed by atoms with Crippen LogP contribution < -0.4 is 0 Å². The highest BCUT2D eigenvalue weighted by Gasteiger charge is 2.21. The molecule has 0 atom stereocenters. The lowest BCUT2D eigenvalue weighted by molar-refractivity contribution is 1.26. The van der Waals surface area contributed by atoms with E-state index in [1.54, 1.807) is 0 Å². The SMILES string of the molecule is c1ccc2c(c1)Cc1c(-c3ccc4[nH]c5ccccc5c4c3)cccc1-2. The first-order chi connectivity index (χ1) is 12.9. The van der Waals surface area contributed by atoms with Gasteiger partial charge in [-0.1, -0.05) is 66.7 Å². The van der Waals surface area contributed by atoms with E-state index < -0.39 is 0 Å². The number of fused-ring (bicyclic) bond motifs is 6. The molecule has 122 valence electrons. The molecule has 0 saturated heterocycles. The third kappa shape index (κ3) is 1.86. The van der Waals surface area contributed by atoms with Gasteiger partial charge in [-0.2, -0.15) is 0 Å². The second kappa shape index (κ2) is 5.09. The largest absolute Gasteiger partial charge is 0.355 e. The topological polar surface area (TPSA) is 15.8 Å². The van der Waals surface area contributed by atoms with E-state index in [0.717, 1.165) is 6.42 Å². The van der Waals surface area contributed by atoms with Crippen molar-refractivity contribution in [1.82, 2.24) is 4.98 Å². The van der Waals surface area contributed by atoms with Gasteiger partial charge in [0, 0.05) is 21.8 Å². The molecule has 0 amide bonds. The van der Waals surface area contributed by atoms with Crippen LogP contribution >= 0.6 is 0 Å². The average molecular weight is 331 g/mol. The van der Waals surface area contributed by atoms with Gasteiger partial charge in [0.1, 0.15) is 0 Å². The molecule has 1 nitrogen and oxygen atoms in total. The zero-order valence-electron chi connectivity index (χ0n) is 14.3. The Bertz CT molecular complexity index is 1310. The van der Waals surface area contributed by atoms with Gasteiger partial charge in [-0.25, -0.2) is 0 Å². The van der Waals surface area contributed by atoms with Crippen molar-refractivity contribution in [2.24, 2.45) is 0 Å². The molecule has 5 aromatic rings. The Morgan fingerprint density at radius 1 is 0.577 bits per heavy atom. The summed E-state index contributed by atoms with van der Waals surface area (Å²) in [5, 5.41) is 2.59. The summed E-state index contributed by atoms with van der Waals surface area (Å²) in [6.45, 7) is 0. The van der Waals surface area contributed by atoms with Gasteiger partial charge in [-0.3, -0.25) is 0 Å². The number of rotatable bonds is 1. The summed E-state index contributed by atoms with van der Waals surface area (Å²) in [5.74, 6) is 0. The molecule has 0 fully saturated rings. The minimum Gasteiger partial charge on any atom is -0.355 e. The van der Waals surface area contributed by atoms with Crippen molar-refractivity contribution in [2.45, 2.75) is 6.42 Å². The summed E-state index contributed by atoms with van der Waals surface area (Å²) < 4.78 is 0. The highest BCUT2D eigenvalue weighted by Crippen LogP contribution is 2.42. The Kier molecular flexibility index (Phi) is 2.72. The van der Waals surface area contributed by atoms with Crippen LogP contribution in [0, 0.1) is 0 Å². The standard InChI is InChI=1S/C25H17N/c1-2-7-18-16(6-1)14-22-19(9-5-10-20(18)22)17-12-13-25-23(15-17)21-8-3-4-11-24(21)26-25/h1-13,15,26H,14H2. The van der Waals surface area contributed by atoms with E-state index in [9.17, 15) is 0 Å². The molecule has 0 unspecified atom stereocenters. The Morgan fingerprint density at radius 3 is 2.35 bits per heavy atom. The first-order valence-electron chi connectivity index (χ1n) is 9.09. The highest BCUT2D eigenvalue weighted by atomic mass is 14.7. The lowest BCUT2D eigenvalue weighted by atomic mass is 9.95. The monoisotopic (exact) mass is 331 g/mol. The van der Waals surface area contributed by atoms with Gasteiger partial charge in [0.05, 0.1) is 0 Å². The number of aromatic amines is 1. The van der Waals surface area contributed by atoms with E-state index in [4.69, 9.17) is 0 Å². The molecule has 0 bridgehead atoms. The second-order valence-corrected chi connectivity index (χ2v) is 7.10. The third-order valence-electron chi connectivity index (χ3n) is 5.67. The average Bonchev–Trinajstić information content (AvgIpc) is 3.25. The van der Waals surface area contributed by atoms with Crippen molar-refractivity contribution in [1.29, 1.82) is 0 Å². The van der Waals surface area contributed by atoms with Crippen LogP contribution in [0.15, 0.2) is 84.9 Å². The summed E-state index contributed by atoms with van der Waals surface area (Å²) in [7, 11) is 0. The van der Waals surface area contributed by atoms with Gasteiger partial charge in [-0.05, 0) is 58.0 Å². The fourth-order valence-electron chi connectivity index (χ4n) is 4.44. The number of benzene rings is 4. The number of hydrogen-bond donors (Lipinski definition) is 1. The zero-order chi connectivity index (χ0) is 17.1. The molecular weight excluding hydrogens is 314 g/mol. The van der Waals surface area contributed by atoms with E-state index in [0.29, 0.717) is 0 Å². The van der Waals surface area contributed by atoms with Crippen molar-refractivity contribution in [2.75, 3.05) is 0 Å². The number of aromatic nitrogens is 1. The number of para-hydroxylation sites is 1. The fourth-order valence-corrected chi connectivity index (χ4v) is 4.44. The molecule has 0 saturated carbocycles. The first-order valence-corrected chi connectivity index (χ1v) is 9.09. The van der Waals surface area contributed by atoms with E-state index >= 15 is 0 Å². The van der Waals surface area contributed by atoms with Crippen LogP contribution in [-0.2, 0) is 6.42 Å². The summed E-state index contributed by atoms with van der Waals surface area (Å²) in [4.78, 5) is 3.52. The molecule has 4 aromatic carbocycles. The van der Waals surface area contributed by atoms with Crippen molar-refractivity contribution in [3.05, 3.63) is 96.1 Å². The Morgan fingerprint density at radius 2 is 1.35 bits per heavy atom. The van der Waals surface area contributed by atoms with Crippen LogP contribution in [0.2, 0.25) is 0 Å². The van der Waals surface area contributed by atoms with Crippen LogP contribution in [0.3, 0.4) is 0 Å². The third-order valence-corrected chi connectivity index (χ3v) is 5.67. The second-order valence-electron chi connectivity index (χ2n) is 7.10. The predicted octanol–water partition coefficient (Wildman–Crippen LogP) is 6.56. The van der Waals surface area contributed by atoms with Gasteiger partial charge >= 0.3 is 0 Å². The maximum Gasteiger partial charge on any atom is 0.0465 e. The molecule has 26 heavy (non-hydrogen) atoms. The van der Waals surface area contributed by atoms with Crippen molar-refractivity contribution < 1.29 is 0 Å². The van der Waals surface area contributed by atoms with Gasteiger partial charge < -0.3 is 4.98 Å². The van der Waals surface area contributed by atoms with Crippen molar-refractivity contribution in [3.63, 3.8) is 0 Å². The fraction of sp³-hybridized carbons (Fsp3) is 0.0400. The summed E-state index contributed by atoms with van der Waals surface area (Å²) >= 11 is 0. The van der Waals surface area contributed by atoms with Gasteiger partial charge in [0.15, 0.2) is 0 Å². The zero-order valence-corrected chi connectivity index (χ0v) is 14.3. The van der Waals surface area contributed by atoms with Crippen LogP contribution in [0.1, 0.15) is 11.1 Å². The Labute approximate surface area is 151 Å². The normalized spacial score (nSPS) is 12.5. The van der Waals surface area contributed by atoms with Crippen LogP contribution in [0.25, 0.3) is 44.1 Å². The summed E-state index contributed by atoms with van der Waals surface area (Å²) in [5.41, 5.74) is 10.7. The minimum atomic E-state index is 1.02. The molecule has 1 N–H and O–H groups in total. The molecule has 1 aromatic heterocycles. The molecule has 1 heterocycles. The van der Waals surface area contributed by atoms with E-state index in [2.05, 4.69) is 89.9 Å². The van der Waals surface area contributed by atoms with Gasteiger partial charge in [0.2, 0.25) is 0 Å².